The number of benzene rings is 1. The van der Waals surface area contributed by atoms with E-state index in [9.17, 15) is 4.79 Å². The molecule has 4 aromatic heterocycles. The van der Waals surface area contributed by atoms with Crippen molar-refractivity contribution in [1.29, 1.82) is 0 Å². The number of carbonyl (C=O) groups excluding carboxylic acids is 1. The molecule has 1 N–H and O–H groups in total. The van der Waals surface area contributed by atoms with Gasteiger partial charge in [-0.25, -0.2) is 14.6 Å². The number of amides is 1. The van der Waals surface area contributed by atoms with Crippen LogP contribution in [0.3, 0.4) is 0 Å². The van der Waals surface area contributed by atoms with Crippen LogP contribution in [0.2, 0.25) is 0 Å². The van der Waals surface area contributed by atoms with Crippen molar-refractivity contribution < 1.29 is 4.79 Å². The van der Waals surface area contributed by atoms with E-state index >= 15 is 0 Å². The lowest BCUT2D eigenvalue weighted by Gasteiger charge is -2.09. The molecule has 1 aromatic carbocycles. The summed E-state index contributed by atoms with van der Waals surface area (Å²) in [5.74, 6) is -0.175. The average Bonchev–Trinajstić information content (AvgIpc) is 3.45. The number of anilines is 1. The maximum atomic E-state index is 13.2. The van der Waals surface area contributed by atoms with E-state index in [1.54, 1.807) is 28.9 Å². The Hall–Kier alpha value is -3.10. The maximum Gasteiger partial charge on any atom is 0.256 e. The normalized spacial score (nSPS) is 11.4. The molecular weight excluding hydrogens is 402 g/mol. The number of nitrogens with one attached hydrogen (secondary N) is 1. The molecule has 0 saturated heterocycles. The van der Waals surface area contributed by atoms with Crippen molar-refractivity contribution in [3.05, 3.63) is 58.5 Å². The minimum atomic E-state index is -0.175. The van der Waals surface area contributed by atoms with Crippen LogP contribution < -0.4 is 5.32 Å². The summed E-state index contributed by atoms with van der Waals surface area (Å²) >= 11 is 3.21. The first-order chi connectivity index (χ1) is 14.1. The Balaban J connectivity index is 1.58. The number of aryl methyl sites for hydroxylation is 2. The average molecular weight is 420 g/mol. The van der Waals surface area contributed by atoms with E-state index in [-0.39, 0.29) is 5.91 Å². The number of aromatic nitrogens is 4. The number of rotatable bonds is 4. The summed E-state index contributed by atoms with van der Waals surface area (Å²) in [4.78, 5) is 23.5. The van der Waals surface area contributed by atoms with Crippen molar-refractivity contribution in [1.82, 2.24) is 19.7 Å². The molecule has 0 atom stereocenters. The molecule has 0 aliphatic rings. The first kappa shape index (κ1) is 18.0. The quantitative estimate of drug-likeness (QED) is 0.426. The van der Waals surface area contributed by atoms with Gasteiger partial charge in [0.15, 0.2) is 5.65 Å². The Bertz CT molecular complexity index is 1350. The summed E-state index contributed by atoms with van der Waals surface area (Å²) < 4.78 is 2.87. The number of fused-ring (bicyclic) bond motifs is 2. The highest BCUT2D eigenvalue weighted by molar-refractivity contribution is 7.18. The molecule has 0 radical (unpaired) electrons. The highest BCUT2D eigenvalue weighted by Gasteiger charge is 2.18. The first-order valence-electron chi connectivity index (χ1n) is 9.21. The predicted octanol–water partition coefficient (Wildman–Crippen LogP) is 5.35. The lowest BCUT2D eigenvalue weighted by atomic mass is 10.1. The second-order valence-corrected chi connectivity index (χ2v) is 8.78. The molecule has 0 fully saturated rings. The molecule has 0 aliphatic carbocycles. The highest BCUT2D eigenvalue weighted by atomic mass is 32.1. The number of nitrogens with zero attached hydrogens (tertiary/aromatic N) is 4. The number of pyridine rings is 1. The van der Waals surface area contributed by atoms with Crippen LogP contribution >= 0.6 is 22.7 Å². The van der Waals surface area contributed by atoms with Crippen molar-refractivity contribution in [3.63, 3.8) is 0 Å². The minimum absolute atomic E-state index is 0.175. The number of hydrogen-bond donors (Lipinski definition) is 1. The van der Waals surface area contributed by atoms with E-state index in [4.69, 9.17) is 4.98 Å². The summed E-state index contributed by atoms with van der Waals surface area (Å²) in [6, 6.07) is 11.6. The second-order valence-electron chi connectivity index (χ2n) is 6.60. The topological polar surface area (TPSA) is 72.7 Å². The SMILES string of the molecule is CCn1ncc2c(C(=O)Nc3ccc4nc(C)sc4c3)cc(-c3cccs3)nc21. The highest BCUT2D eigenvalue weighted by Crippen LogP contribution is 2.29. The maximum absolute atomic E-state index is 13.2. The number of hydrogen-bond acceptors (Lipinski definition) is 6. The Morgan fingerprint density at radius 2 is 2.10 bits per heavy atom. The molecule has 1 amide bonds. The third-order valence-electron chi connectivity index (χ3n) is 4.68. The van der Waals surface area contributed by atoms with Crippen LogP contribution in [0, 0.1) is 6.92 Å². The zero-order chi connectivity index (χ0) is 20.0. The van der Waals surface area contributed by atoms with Gasteiger partial charge >= 0.3 is 0 Å². The third kappa shape index (κ3) is 3.20. The molecule has 144 valence electrons. The van der Waals surface area contributed by atoms with E-state index in [1.807, 2.05) is 60.3 Å². The van der Waals surface area contributed by atoms with Gasteiger partial charge in [0.05, 0.1) is 42.9 Å². The Morgan fingerprint density at radius 3 is 2.90 bits per heavy atom. The van der Waals surface area contributed by atoms with Gasteiger partial charge in [-0.15, -0.1) is 22.7 Å². The molecular formula is C21H17N5OS2. The van der Waals surface area contributed by atoms with Crippen LogP contribution in [0.25, 0.3) is 31.8 Å². The van der Waals surface area contributed by atoms with E-state index < -0.39 is 0 Å². The fraction of sp³-hybridized carbons (Fsp3) is 0.143. The Kier molecular flexibility index (Phi) is 4.37. The lowest BCUT2D eigenvalue weighted by Crippen LogP contribution is -2.13. The predicted molar refractivity (Wildman–Crippen MR) is 119 cm³/mol. The summed E-state index contributed by atoms with van der Waals surface area (Å²) in [5.41, 5.74) is 3.76. The van der Waals surface area contributed by atoms with Crippen LogP contribution in [-0.4, -0.2) is 25.7 Å². The molecule has 0 spiro atoms. The van der Waals surface area contributed by atoms with Crippen LogP contribution in [0.15, 0.2) is 48.0 Å². The van der Waals surface area contributed by atoms with Crippen molar-refractivity contribution in [2.75, 3.05) is 5.32 Å². The minimum Gasteiger partial charge on any atom is -0.322 e. The third-order valence-corrected chi connectivity index (χ3v) is 6.51. The summed E-state index contributed by atoms with van der Waals surface area (Å²) in [6.07, 6.45) is 1.72. The van der Waals surface area contributed by atoms with Crippen molar-refractivity contribution in [2.45, 2.75) is 20.4 Å². The van der Waals surface area contributed by atoms with Crippen LogP contribution in [0.4, 0.5) is 5.69 Å². The van der Waals surface area contributed by atoms with Gasteiger partial charge in [0.1, 0.15) is 0 Å². The van der Waals surface area contributed by atoms with Crippen molar-refractivity contribution >= 4 is 55.5 Å². The molecule has 0 aliphatic heterocycles. The zero-order valence-corrected chi connectivity index (χ0v) is 17.5. The molecule has 8 heteroatoms. The fourth-order valence-electron chi connectivity index (χ4n) is 3.33. The monoisotopic (exact) mass is 419 g/mol. The van der Waals surface area contributed by atoms with Gasteiger partial charge < -0.3 is 5.32 Å². The van der Waals surface area contributed by atoms with Gasteiger partial charge in [0, 0.05) is 12.2 Å². The molecule has 0 unspecified atom stereocenters. The van der Waals surface area contributed by atoms with E-state index in [0.717, 1.165) is 42.5 Å². The van der Waals surface area contributed by atoms with Gasteiger partial charge in [-0.1, -0.05) is 6.07 Å². The fourth-order valence-corrected chi connectivity index (χ4v) is 4.89. The first-order valence-corrected chi connectivity index (χ1v) is 10.9. The number of thiazole rings is 1. The van der Waals surface area contributed by atoms with Crippen LogP contribution in [-0.2, 0) is 6.54 Å². The van der Waals surface area contributed by atoms with E-state index in [0.29, 0.717) is 12.1 Å². The van der Waals surface area contributed by atoms with Gasteiger partial charge in [-0.3, -0.25) is 4.79 Å². The van der Waals surface area contributed by atoms with Gasteiger partial charge in [-0.05, 0) is 49.6 Å². The van der Waals surface area contributed by atoms with Crippen molar-refractivity contribution in [2.24, 2.45) is 0 Å². The molecule has 0 bridgehead atoms. The summed E-state index contributed by atoms with van der Waals surface area (Å²) in [5, 5.41) is 11.2. The lowest BCUT2D eigenvalue weighted by molar-refractivity contribution is 0.102. The number of carbonyl (C=O) groups is 1. The van der Waals surface area contributed by atoms with Crippen LogP contribution in [0.5, 0.6) is 0 Å². The number of thiophene rings is 1. The largest absolute Gasteiger partial charge is 0.322 e. The van der Waals surface area contributed by atoms with Gasteiger partial charge in [0.25, 0.3) is 5.91 Å². The Morgan fingerprint density at radius 1 is 1.21 bits per heavy atom. The summed E-state index contributed by atoms with van der Waals surface area (Å²) in [6.45, 7) is 4.68. The van der Waals surface area contributed by atoms with Gasteiger partial charge in [-0.2, -0.15) is 5.10 Å². The zero-order valence-electron chi connectivity index (χ0n) is 15.8. The molecule has 5 aromatic rings. The summed E-state index contributed by atoms with van der Waals surface area (Å²) in [7, 11) is 0. The smallest absolute Gasteiger partial charge is 0.256 e. The molecule has 6 nitrogen and oxygen atoms in total. The van der Waals surface area contributed by atoms with E-state index in [1.165, 1.54) is 0 Å². The van der Waals surface area contributed by atoms with Gasteiger partial charge in [0.2, 0.25) is 0 Å². The molecule has 0 saturated carbocycles. The van der Waals surface area contributed by atoms with E-state index in [2.05, 4.69) is 15.4 Å². The molecule has 4 heterocycles. The van der Waals surface area contributed by atoms with Crippen molar-refractivity contribution in [3.8, 4) is 10.6 Å². The Labute approximate surface area is 174 Å². The van der Waals surface area contributed by atoms with Crippen LogP contribution in [0.1, 0.15) is 22.3 Å². The molecule has 29 heavy (non-hydrogen) atoms. The molecule has 5 rings (SSSR count). The standard InChI is InChI=1S/C21H17N5OS2/c1-3-26-20-15(11-22-26)14(10-17(25-20)18-5-4-8-28-18)21(27)24-13-6-7-16-19(9-13)29-12(2)23-16/h4-11H,3H2,1-2H3,(H,24,27). The second kappa shape index (κ2) is 7.06.